The van der Waals surface area contributed by atoms with Gasteiger partial charge in [0.2, 0.25) is 11.8 Å². The normalized spacial score (nSPS) is 24.9. The molecule has 0 spiro atoms. The molecule has 0 atom stereocenters. The summed E-state index contributed by atoms with van der Waals surface area (Å²) in [4.78, 5) is 35.5. The minimum atomic E-state index is -1.37. The summed E-state index contributed by atoms with van der Waals surface area (Å²) in [6.45, 7) is 0.534. The number of rotatable bonds is 2. The zero-order valence-corrected chi connectivity index (χ0v) is 8.77. The molecule has 0 aromatic carbocycles. The van der Waals surface area contributed by atoms with Crippen molar-refractivity contribution in [2.24, 2.45) is 0 Å². The summed E-state index contributed by atoms with van der Waals surface area (Å²) in [5, 5.41) is 9.28. The maximum Gasteiger partial charge on any atom is 0.330 e. The summed E-state index contributed by atoms with van der Waals surface area (Å²) in [5.74, 6) is -1.87. The highest BCUT2D eigenvalue weighted by Crippen LogP contribution is 2.32. The Labute approximate surface area is 92.2 Å². The van der Waals surface area contributed by atoms with Gasteiger partial charge in [-0.15, -0.1) is 0 Å². The molecule has 6 heteroatoms. The second-order valence-corrected chi connectivity index (χ2v) is 4.07. The number of carbonyl (C=O) groups is 3. The number of hydrogen-bond acceptors (Lipinski definition) is 4. The van der Waals surface area contributed by atoms with E-state index in [1.165, 1.54) is 0 Å². The smallest absolute Gasteiger partial charge is 0.330 e. The van der Waals surface area contributed by atoms with Crippen LogP contribution in [0.4, 0.5) is 0 Å². The summed E-state index contributed by atoms with van der Waals surface area (Å²) < 4.78 is 5.09. The van der Waals surface area contributed by atoms with Gasteiger partial charge in [-0.2, -0.15) is 0 Å². The molecule has 0 saturated carbocycles. The first-order valence-electron chi connectivity index (χ1n) is 5.25. The second kappa shape index (κ2) is 3.86. The molecule has 16 heavy (non-hydrogen) atoms. The fourth-order valence-corrected chi connectivity index (χ4v) is 2.30. The van der Waals surface area contributed by atoms with Gasteiger partial charge in [-0.05, 0) is 0 Å². The van der Waals surface area contributed by atoms with E-state index >= 15 is 0 Å². The molecular weight excluding hydrogens is 214 g/mol. The minimum Gasteiger partial charge on any atom is -0.479 e. The highest BCUT2D eigenvalue weighted by Gasteiger charge is 2.52. The largest absolute Gasteiger partial charge is 0.479 e. The first-order valence-corrected chi connectivity index (χ1v) is 5.25. The molecule has 0 aromatic rings. The van der Waals surface area contributed by atoms with Crippen LogP contribution in [0.2, 0.25) is 0 Å². The van der Waals surface area contributed by atoms with E-state index in [-0.39, 0.29) is 50.7 Å². The van der Waals surface area contributed by atoms with Crippen molar-refractivity contribution in [3.63, 3.8) is 0 Å². The molecule has 2 aliphatic heterocycles. The Bertz CT molecular complexity index is 329. The van der Waals surface area contributed by atoms with Crippen LogP contribution in [0, 0.1) is 0 Å². The van der Waals surface area contributed by atoms with Crippen LogP contribution < -0.4 is 0 Å². The molecule has 0 aliphatic carbocycles. The van der Waals surface area contributed by atoms with Gasteiger partial charge < -0.3 is 9.84 Å². The molecule has 88 valence electrons. The molecule has 2 fully saturated rings. The van der Waals surface area contributed by atoms with E-state index in [2.05, 4.69) is 0 Å². The molecule has 2 rings (SSSR count). The topological polar surface area (TPSA) is 83.9 Å². The number of hydrogen-bond donors (Lipinski definition) is 1. The molecule has 2 amide bonds. The lowest BCUT2D eigenvalue weighted by atomic mass is 9.88. The van der Waals surface area contributed by atoms with Gasteiger partial charge >= 0.3 is 5.97 Å². The van der Waals surface area contributed by atoms with Crippen LogP contribution in [0.5, 0.6) is 0 Å². The van der Waals surface area contributed by atoms with Crippen molar-refractivity contribution in [2.75, 3.05) is 13.2 Å². The Morgan fingerprint density at radius 2 is 1.69 bits per heavy atom. The molecular formula is C10H13NO5. The number of amides is 2. The number of ether oxygens (including phenoxy) is 1. The van der Waals surface area contributed by atoms with E-state index in [0.29, 0.717) is 0 Å². The Morgan fingerprint density at radius 3 is 2.12 bits per heavy atom. The summed E-state index contributed by atoms with van der Waals surface area (Å²) >= 11 is 0. The molecule has 2 saturated heterocycles. The zero-order chi connectivity index (χ0) is 11.8. The van der Waals surface area contributed by atoms with Crippen LogP contribution >= 0.6 is 0 Å². The molecule has 1 N–H and O–H groups in total. The molecule has 0 radical (unpaired) electrons. The molecule has 0 unspecified atom stereocenters. The third-order valence-electron chi connectivity index (χ3n) is 3.20. The Hall–Kier alpha value is -1.43. The van der Waals surface area contributed by atoms with Gasteiger partial charge in [0.25, 0.3) is 0 Å². The van der Waals surface area contributed by atoms with Crippen LogP contribution in [-0.4, -0.2) is 46.5 Å². The fraction of sp³-hybridized carbons (Fsp3) is 0.700. The average Bonchev–Trinajstić information content (AvgIpc) is 2.60. The Morgan fingerprint density at radius 1 is 1.19 bits per heavy atom. The van der Waals surface area contributed by atoms with E-state index in [4.69, 9.17) is 4.74 Å². The molecule has 0 bridgehead atoms. The lowest BCUT2D eigenvalue weighted by Crippen LogP contribution is -2.59. The number of carbonyl (C=O) groups excluding carboxylic acids is 2. The van der Waals surface area contributed by atoms with Crippen LogP contribution in [0.3, 0.4) is 0 Å². The number of nitrogens with zero attached hydrogens (tertiary/aromatic N) is 1. The summed E-state index contributed by atoms with van der Waals surface area (Å²) in [5.41, 5.74) is -1.37. The third kappa shape index (κ3) is 1.49. The average molecular weight is 227 g/mol. The van der Waals surface area contributed by atoms with Gasteiger partial charge in [0.1, 0.15) is 0 Å². The first-order chi connectivity index (χ1) is 7.58. The quantitative estimate of drug-likeness (QED) is 0.659. The van der Waals surface area contributed by atoms with Crippen LogP contribution in [0.25, 0.3) is 0 Å². The third-order valence-corrected chi connectivity index (χ3v) is 3.20. The molecule has 2 heterocycles. The summed E-state index contributed by atoms with van der Waals surface area (Å²) in [6, 6.07) is 0. The van der Waals surface area contributed by atoms with Crippen molar-refractivity contribution >= 4 is 17.8 Å². The van der Waals surface area contributed by atoms with Crippen molar-refractivity contribution in [3.8, 4) is 0 Å². The first kappa shape index (κ1) is 11.1. The van der Waals surface area contributed by atoms with Gasteiger partial charge in [0.15, 0.2) is 5.54 Å². The second-order valence-electron chi connectivity index (χ2n) is 4.07. The maximum absolute atomic E-state index is 11.6. The highest BCUT2D eigenvalue weighted by atomic mass is 16.5. The van der Waals surface area contributed by atoms with Gasteiger partial charge in [-0.25, -0.2) is 4.79 Å². The van der Waals surface area contributed by atoms with E-state index < -0.39 is 11.5 Å². The zero-order valence-electron chi connectivity index (χ0n) is 8.77. The highest BCUT2D eigenvalue weighted by molar-refractivity contribution is 6.06. The van der Waals surface area contributed by atoms with Gasteiger partial charge in [-0.3, -0.25) is 14.5 Å². The predicted molar refractivity (Wildman–Crippen MR) is 51.5 cm³/mol. The van der Waals surface area contributed by atoms with Crippen molar-refractivity contribution in [2.45, 2.75) is 31.2 Å². The number of aliphatic carboxylic acids is 1. The number of carboxylic acid groups (broad SMARTS) is 1. The van der Waals surface area contributed by atoms with Gasteiger partial charge in [-0.1, -0.05) is 0 Å². The van der Waals surface area contributed by atoms with Crippen molar-refractivity contribution < 1.29 is 24.2 Å². The van der Waals surface area contributed by atoms with Crippen LogP contribution in [0.15, 0.2) is 0 Å². The predicted octanol–water partition coefficient (Wildman–Crippen LogP) is -0.231. The lowest BCUT2D eigenvalue weighted by Gasteiger charge is -2.39. The summed E-state index contributed by atoms with van der Waals surface area (Å²) in [6.07, 6.45) is 0.600. The van der Waals surface area contributed by atoms with Crippen molar-refractivity contribution in [3.05, 3.63) is 0 Å². The molecule has 6 nitrogen and oxygen atoms in total. The standard InChI is InChI=1S/C10H13NO5/c12-7-1-2-8(13)11(7)10(9(14)15)3-5-16-6-4-10/h1-6H2,(H,14,15). The fourth-order valence-electron chi connectivity index (χ4n) is 2.30. The Balaban J connectivity index is 2.34. The Kier molecular flexibility index (Phi) is 2.67. The number of carboxylic acids is 1. The molecule has 2 aliphatic rings. The number of likely N-dealkylation sites (tertiary alicyclic amines) is 1. The monoisotopic (exact) mass is 227 g/mol. The number of imide groups is 1. The van der Waals surface area contributed by atoms with Crippen LogP contribution in [0.1, 0.15) is 25.7 Å². The van der Waals surface area contributed by atoms with Gasteiger partial charge in [0, 0.05) is 38.9 Å². The van der Waals surface area contributed by atoms with E-state index in [0.717, 1.165) is 4.90 Å². The lowest BCUT2D eigenvalue weighted by molar-refractivity contribution is -0.169. The van der Waals surface area contributed by atoms with Crippen LogP contribution in [-0.2, 0) is 19.1 Å². The van der Waals surface area contributed by atoms with Gasteiger partial charge in [0.05, 0.1) is 0 Å². The van der Waals surface area contributed by atoms with Crippen molar-refractivity contribution in [1.29, 1.82) is 0 Å². The molecule has 0 aromatic heterocycles. The minimum absolute atomic E-state index is 0.120. The maximum atomic E-state index is 11.6. The van der Waals surface area contributed by atoms with E-state index in [1.54, 1.807) is 0 Å². The van der Waals surface area contributed by atoms with E-state index in [1.807, 2.05) is 0 Å². The van der Waals surface area contributed by atoms with E-state index in [9.17, 15) is 19.5 Å². The summed E-state index contributed by atoms with van der Waals surface area (Å²) in [7, 11) is 0. The SMILES string of the molecule is O=C1CCC(=O)N1C1(C(=O)O)CCOCC1. The van der Waals surface area contributed by atoms with Crippen molar-refractivity contribution in [1.82, 2.24) is 4.90 Å².